The monoisotopic (exact) mass is 445 g/mol. The summed E-state index contributed by atoms with van der Waals surface area (Å²) >= 11 is 0. The molecule has 0 radical (unpaired) electrons. The lowest BCUT2D eigenvalue weighted by Crippen LogP contribution is -2.17. The molecule has 0 bridgehead atoms. The van der Waals surface area contributed by atoms with Gasteiger partial charge in [0, 0.05) is 29.7 Å². The second-order valence-corrected chi connectivity index (χ2v) is 8.66. The van der Waals surface area contributed by atoms with Gasteiger partial charge >= 0.3 is 0 Å². The summed E-state index contributed by atoms with van der Waals surface area (Å²) in [7, 11) is 0. The molecule has 1 aliphatic rings. The van der Waals surface area contributed by atoms with Gasteiger partial charge in [0.05, 0.1) is 17.9 Å². The molecule has 0 aliphatic heterocycles. The first-order valence-corrected chi connectivity index (χ1v) is 10.8. The van der Waals surface area contributed by atoms with Crippen LogP contribution in [0.3, 0.4) is 0 Å². The molecule has 1 aromatic carbocycles. The van der Waals surface area contributed by atoms with Crippen molar-refractivity contribution in [2.24, 2.45) is 0 Å². The van der Waals surface area contributed by atoms with Crippen LogP contribution in [0.15, 0.2) is 67.1 Å². The van der Waals surface area contributed by atoms with Crippen molar-refractivity contribution in [2.75, 3.05) is 5.32 Å². The molecule has 2 N–H and O–H groups in total. The van der Waals surface area contributed by atoms with Crippen LogP contribution in [0.25, 0.3) is 11.3 Å². The Bertz CT molecular complexity index is 1290. The third kappa shape index (κ3) is 4.85. The van der Waals surface area contributed by atoms with E-state index in [2.05, 4.69) is 20.4 Å². The molecule has 0 saturated heterocycles. The number of aliphatic hydroxyl groups is 1. The van der Waals surface area contributed by atoms with Crippen LogP contribution < -0.4 is 10.1 Å². The molecule has 0 unspecified atom stereocenters. The summed E-state index contributed by atoms with van der Waals surface area (Å²) in [6.45, 7) is 3.37. The second kappa shape index (κ2) is 8.29. The average Bonchev–Trinajstić information content (AvgIpc) is 3.54. The van der Waals surface area contributed by atoms with E-state index < -0.39 is 5.60 Å². The maximum Gasteiger partial charge on any atom is 0.173 e. The highest BCUT2D eigenvalue weighted by atomic mass is 19.1. The summed E-state index contributed by atoms with van der Waals surface area (Å²) in [6.07, 6.45) is 7.29. The Hall–Kier alpha value is -3.78. The smallest absolute Gasteiger partial charge is 0.173 e. The van der Waals surface area contributed by atoms with Crippen LogP contribution in [0.1, 0.15) is 38.4 Å². The fraction of sp³-hybridized carbons (Fsp3) is 0.240. The van der Waals surface area contributed by atoms with Gasteiger partial charge in [-0.3, -0.25) is 9.67 Å². The molecule has 8 heteroatoms. The normalized spacial score (nSPS) is 13.7. The molecule has 7 nitrogen and oxygen atoms in total. The molecule has 1 aliphatic carbocycles. The molecule has 0 spiro atoms. The van der Waals surface area contributed by atoms with E-state index >= 15 is 0 Å². The van der Waals surface area contributed by atoms with Gasteiger partial charge in [-0.05, 0) is 57.0 Å². The van der Waals surface area contributed by atoms with Crippen LogP contribution >= 0.6 is 0 Å². The summed E-state index contributed by atoms with van der Waals surface area (Å²) in [5.41, 5.74) is 1.50. The predicted octanol–water partition coefficient (Wildman–Crippen LogP) is 5.58. The third-order valence-corrected chi connectivity index (χ3v) is 5.34. The highest BCUT2D eigenvalue weighted by Crippen LogP contribution is 2.40. The molecule has 33 heavy (non-hydrogen) atoms. The summed E-state index contributed by atoms with van der Waals surface area (Å²) < 4.78 is 21.9. The van der Waals surface area contributed by atoms with Crippen molar-refractivity contribution in [1.29, 1.82) is 0 Å². The Kier molecular flexibility index (Phi) is 5.30. The zero-order valence-electron chi connectivity index (χ0n) is 18.4. The van der Waals surface area contributed by atoms with E-state index in [9.17, 15) is 9.50 Å². The fourth-order valence-electron chi connectivity index (χ4n) is 3.47. The third-order valence-electron chi connectivity index (χ3n) is 5.34. The molecule has 168 valence electrons. The van der Waals surface area contributed by atoms with E-state index in [-0.39, 0.29) is 5.82 Å². The minimum atomic E-state index is -1.05. The lowest BCUT2D eigenvalue weighted by atomic mass is 10.0. The Morgan fingerprint density at radius 2 is 1.91 bits per heavy atom. The van der Waals surface area contributed by atoms with Crippen molar-refractivity contribution >= 4 is 11.5 Å². The molecule has 0 amide bonds. The van der Waals surface area contributed by atoms with Crippen molar-refractivity contribution < 1.29 is 14.2 Å². The number of nitrogens with zero attached hydrogens (tertiary/aromatic N) is 4. The topological polar surface area (TPSA) is 85.1 Å². The number of nitrogens with one attached hydrogen (secondary N) is 1. The average molecular weight is 445 g/mol. The lowest BCUT2D eigenvalue weighted by molar-refractivity contribution is 0.0739. The molecule has 1 fully saturated rings. The maximum atomic E-state index is 13.8. The van der Waals surface area contributed by atoms with E-state index in [0.29, 0.717) is 40.3 Å². The quantitative estimate of drug-likeness (QED) is 0.386. The molecule has 1 saturated carbocycles. The predicted molar refractivity (Wildman–Crippen MR) is 123 cm³/mol. The van der Waals surface area contributed by atoms with Gasteiger partial charge in [0.2, 0.25) is 0 Å². The van der Waals surface area contributed by atoms with Crippen LogP contribution in [0.2, 0.25) is 0 Å². The summed E-state index contributed by atoms with van der Waals surface area (Å²) in [6, 6.07) is 13.8. The summed E-state index contributed by atoms with van der Waals surface area (Å²) in [4.78, 5) is 8.58. The number of rotatable bonds is 7. The number of hydrogen-bond acceptors (Lipinski definition) is 6. The Labute approximate surface area is 190 Å². The van der Waals surface area contributed by atoms with Crippen molar-refractivity contribution in [3.63, 3.8) is 0 Å². The van der Waals surface area contributed by atoms with Crippen molar-refractivity contribution in [3.8, 4) is 22.8 Å². The van der Waals surface area contributed by atoms with Gasteiger partial charge in [0.25, 0.3) is 0 Å². The highest BCUT2D eigenvalue weighted by Gasteiger charge is 2.27. The summed E-state index contributed by atoms with van der Waals surface area (Å²) in [5.74, 6) is 1.37. The van der Waals surface area contributed by atoms with E-state index in [1.807, 2.05) is 16.9 Å². The van der Waals surface area contributed by atoms with Gasteiger partial charge in [-0.25, -0.2) is 9.37 Å². The SMILES string of the molecule is CC(C)(O)c1cc(Nc2cc(Oc3cn(C4CC4)nc3-c3cccc(F)c3)ccn2)ccn1. The van der Waals surface area contributed by atoms with Gasteiger partial charge in [-0.2, -0.15) is 5.10 Å². The van der Waals surface area contributed by atoms with Crippen LogP contribution in [0.4, 0.5) is 15.9 Å². The second-order valence-electron chi connectivity index (χ2n) is 8.66. The molecule has 0 atom stereocenters. The number of hydrogen-bond donors (Lipinski definition) is 2. The van der Waals surface area contributed by atoms with Crippen molar-refractivity contribution in [3.05, 3.63) is 78.6 Å². The minimum absolute atomic E-state index is 0.322. The van der Waals surface area contributed by atoms with Gasteiger partial charge in [-0.15, -0.1) is 0 Å². The number of aromatic nitrogens is 4. The number of halogens is 1. The number of ether oxygens (including phenoxy) is 1. The number of anilines is 2. The van der Waals surface area contributed by atoms with Gasteiger partial charge in [0.15, 0.2) is 5.75 Å². The van der Waals surface area contributed by atoms with Crippen molar-refractivity contribution in [2.45, 2.75) is 38.3 Å². The molecule has 4 aromatic rings. The van der Waals surface area contributed by atoms with Crippen molar-refractivity contribution in [1.82, 2.24) is 19.7 Å². The zero-order chi connectivity index (χ0) is 23.0. The molecule has 5 rings (SSSR count). The molecular weight excluding hydrogens is 421 g/mol. The first-order valence-electron chi connectivity index (χ1n) is 10.8. The largest absolute Gasteiger partial charge is 0.453 e. The molecule has 3 aromatic heterocycles. The lowest BCUT2D eigenvalue weighted by Gasteiger charge is -2.17. The molecule has 3 heterocycles. The van der Waals surface area contributed by atoms with Crippen LogP contribution in [-0.4, -0.2) is 24.9 Å². The van der Waals surface area contributed by atoms with Crippen LogP contribution in [0.5, 0.6) is 11.5 Å². The fourth-order valence-corrected chi connectivity index (χ4v) is 3.47. The van der Waals surface area contributed by atoms with Gasteiger partial charge in [-0.1, -0.05) is 12.1 Å². The number of benzene rings is 1. The molecular formula is C25H24FN5O2. The van der Waals surface area contributed by atoms with Crippen LogP contribution in [0, 0.1) is 5.82 Å². The van der Waals surface area contributed by atoms with E-state index in [1.54, 1.807) is 56.6 Å². The number of pyridine rings is 2. The van der Waals surface area contributed by atoms with Gasteiger partial charge in [0.1, 0.15) is 28.7 Å². The Morgan fingerprint density at radius 3 is 2.67 bits per heavy atom. The minimum Gasteiger partial charge on any atom is -0.453 e. The first kappa shape index (κ1) is 21.1. The first-order chi connectivity index (χ1) is 15.8. The standard InChI is InChI=1S/C25H24FN5O2/c1-25(2,32)22-13-18(8-10-27-22)29-23-14-20(9-11-28-23)33-21-15-31(19-6-7-19)30-24(21)16-4-3-5-17(26)12-16/h3-5,8-15,19,32H,6-7H2,1-2H3,(H,27,28,29). The maximum absolute atomic E-state index is 13.8. The van der Waals surface area contributed by atoms with E-state index in [0.717, 1.165) is 18.5 Å². The Morgan fingerprint density at radius 1 is 1.09 bits per heavy atom. The summed E-state index contributed by atoms with van der Waals surface area (Å²) in [5, 5.41) is 18.1. The van der Waals surface area contributed by atoms with Gasteiger partial charge < -0.3 is 15.2 Å². The van der Waals surface area contributed by atoms with Crippen LogP contribution in [-0.2, 0) is 5.60 Å². The zero-order valence-corrected chi connectivity index (χ0v) is 18.4. The Balaban J connectivity index is 1.41. The van der Waals surface area contributed by atoms with E-state index in [4.69, 9.17) is 4.74 Å². The van der Waals surface area contributed by atoms with E-state index in [1.165, 1.54) is 12.1 Å². The highest BCUT2D eigenvalue weighted by molar-refractivity contribution is 5.67.